The number of amides is 1. The van der Waals surface area contributed by atoms with Crippen molar-refractivity contribution in [3.63, 3.8) is 0 Å². The minimum atomic E-state index is -2.23. The molecule has 8 nitrogen and oxygen atoms in total. The first kappa shape index (κ1) is 36.7. The lowest BCUT2D eigenvalue weighted by Gasteiger charge is -2.43. The molecular formula is C33H55ClN4O4Si2. The Hall–Kier alpha value is -1.75. The fourth-order valence-electron chi connectivity index (χ4n) is 4.80. The zero-order valence-corrected chi connectivity index (χ0v) is 31.7. The minimum absolute atomic E-state index is 0.0111. The van der Waals surface area contributed by atoms with E-state index in [1.165, 1.54) is 12.8 Å². The quantitative estimate of drug-likeness (QED) is 0.0996. The van der Waals surface area contributed by atoms with Gasteiger partial charge < -0.3 is 23.5 Å². The van der Waals surface area contributed by atoms with Gasteiger partial charge in [0.2, 0.25) is 11.2 Å². The van der Waals surface area contributed by atoms with E-state index in [0.29, 0.717) is 29.7 Å². The molecule has 0 saturated carbocycles. The topological polar surface area (TPSA) is 87.5 Å². The van der Waals surface area contributed by atoms with Gasteiger partial charge in [0.05, 0.1) is 18.1 Å². The zero-order chi connectivity index (χ0) is 33.1. The molecule has 1 fully saturated rings. The van der Waals surface area contributed by atoms with Gasteiger partial charge in [-0.1, -0.05) is 80.1 Å². The van der Waals surface area contributed by atoms with E-state index in [0.717, 1.165) is 19.3 Å². The smallest absolute Gasteiger partial charge is 0.226 e. The van der Waals surface area contributed by atoms with Gasteiger partial charge in [0.25, 0.3) is 0 Å². The molecule has 1 saturated heterocycles. The van der Waals surface area contributed by atoms with Gasteiger partial charge in [0, 0.05) is 19.0 Å². The van der Waals surface area contributed by atoms with Crippen LogP contribution in [0, 0.1) is 12.3 Å². The number of nitrogens with one attached hydrogen (secondary N) is 1. The largest absolute Gasteiger partial charge is 0.413 e. The summed E-state index contributed by atoms with van der Waals surface area (Å²) >= 11 is 6.40. The molecule has 1 aliphatic rings. The Morgan fingerprint density at radius 2 is 1.75 bits per heavy atom. The third-order valence-electron chi connectivity index (χ3n) is 9.84. The van der Waals surface area contributed by atoms with Crippen molar-refractivity contribution in [3.05, 3.63) is 17.5 Å². The van der Waals surface area contributed by atoms with Gasteiger partial charge in [-0.05, 0) is 60.4 Å². The summed E-state index contributed by atoms with van der Waals surface area (Å²) in [6.07, 6.45) is 13.7. The van der Waals surface area contributed by atoms with Crippen molar-refractivity contribution in [2.45, 2.75) is 148 Å². The van der Waals surface area contributed by atoms with E-state index >= 15 is 0 Å². The molecule has 2 aromatic heterocycles. The molecule has 11 heteroatoms. The van der Waals surface area contributed by atoms with Crippen LogP contribution in [0.3, 0.4) is 0 Å². The third-order valence-corrected chi connectivity index (χ3v) is 19.0. The molecule has 1 aliphatic heterocycles. The number of aromatic nitrogens is 3. The summed E-state index contributed by atoms with van der Waals surface area (Å²) in [5, 5.41) is 3.69. The van der Waals surface area contributed by atoms with Gasteiger partial charge in [0.15, 0.2) is 22.2 Å². The Labute approximate surface area is 272 Å². The number of rotatable bonds is 13. The Balaban J connectivity index is 1.94. The number of ether oxygens (including phenoxy) is 1. The zero-order valence-electron chi connectivity index (χ0n) is 28.9. The molecule has 0 bridgehead atoms. The average molecular weight is 663 g/mol. The third kappa shape index (κ3) is 8.34. The highest BCUT2D eigenvalue weighted by Crippen LogP contribution is 2.47. The Kier molecular flexibility index (Phi) is 11.6. The summed E-state index contributed by atoms with van der Waals surface area (Å²) in [4.78, 5) is 21.7. The summed E-state index contributed by atoms with van der Waals surface area (Å²) in [6.45, 7) is 24.6. The van der Waals surface area contributed by atoms with Crippen LogP contribution in [0.15, 0.2) is 12.3 Å². The van der Waals surface area contributed by atoms with E-state index in [9.17, 15) is 4.79 Å². The summed E-state index contributed by atoms with van der Waals surface area (Å²) in [5.74, 6) is 3.30. The molecule has 0 aromatic carbocycles. The highest BCUT2D eigenvalue weighted by atomic mass is 35.5. The normalized spacial score (nSPS) is 21.5. The lowest BCUT2D eigenvalue weighted by atomic mass is 9.99. The Morgan fingerprint density at radius 1 is 1.11 bits per heavy atom. The number of terminal acetylenes is 1. The lowest BCUT2D eigenvalue weighted by Crippen LogP contribution is -2.54. The molecule has 0 radical (unpaired) electrons. The van der Waals surface area contributed by atoms with Crippen molar-refractivity contribution in [2.75, 3.05) is 11.9 Å². The molecule has 3 heterocycles. The number of carbonyl (C=O) groups is 1. The number of hydrogen-bond donors (Lipinski definition) is 1. The van der Waals surface area contributed by atoms with Crippen molar-refractivity contribution in [3.8, 4) is 12.3 Å². The number of halogens is 1. The number of unbranched alkanes of at least 4 members (excludes halogenated alkanes) is 4. The molecule has 1 N–H and O–H groups in total. The molecule has 3 atom stereocenters. The second kappa shape index (κ2) is 13.9. The Morgan fingerprint density at radius 3 is 2.34 bits per heavy atom. The maximum atomic E-state index is 12.8. The Bertz CT molecular complexity index is 1340. The van der Waals surface area contributed by atoms with Crippen LogP contribution in [0.25, 0.3) is 11.0 Å². The molecule has 0 spiro atoms. The van der Waals surface area contributed by atoms with Gasteiger partial charge in [-0.25, -0.2) is 0 Å². The van der Waals surface area contributed by atoms with E-state index in [4.69, 9.17) is 31.6 Å². The minimum Gasteiger partial charge on any atom is -0.413 e. The highest BCUT2D eigenvalue weighted by molar-refractivity contribution is 6.74. The van der Waals surface area contributed by atoms with Gasteiger partial charge in [-0.15, -0.1) is 6.42 Å². The van der Waals surface area contributed by atoms with E-state index < -0.39 is 28.5 Å². The first-order valence-electron chi connectivity index (χ1n) is 16.1. The summed E-state index contributed by atoms with van der Waals surface area (Å²) in [7, 11) is -4.38. The molecule has 44 heavy (non-hydrogen) atoms. The summed E-state index contributed by atoms with van der Waals surface area (Å²) < 4.78 is 22.4. The van der Waals surface area contributed by atoms with Crippen molar-refractivity contribution >= 4 is 51.0 Å². The SMILES string of the molecule is C#C[C@]1(CO[Si](C)(C)C(C)(C)C)O[C@@H](n2ccc3c(NC(=O)CCCCCCC)nc(Cl)nc32)C[C@@H]1O[Si](C)(C)C(C)(C)C. The van der Waals surface area contributed by atoms with Crippen LogP contribution in [-0.2, 0) is 18.4 Å². The lowest BCUT2D eigenvalue weighted by molar-refractivity contribution is -0.116. The first-order chi connectivity index (χ1) is 20.3. The number of nitrogens with zero attached hydrogens (tertiary/aromatic N) is 3. The molecule has 1 amide bonds. The standard InChI is InChI=1S/C33H55ClN4O4Si2/c1-13-15-16-17-18-19-26(39)35-28-24-20-21-38(29(24)37-30(34)36-28)27-22-25(42-44(11,12)32(6,7)8)33(14-2,41-27)23-40-43(9,10)31(3,4)5/h2,20-21,25,27H,13,15-19,22-23H2,1,3-12H3,(H,35,36,37,39)/t25-,27+,33+/m0/s1. The molecule has 3 rings (SSSR count). The van der Waals surface area contributed by atoms with E-state index in [2.05, 4.69) is 95.9 Å². The van der Waals surface area contributed by atoms with Crippen molar-refractivity contribution in [1.82, 2.24) is 14.5 Å². The van der Waals surface area contributed by atoms with Gasteiger partial charge in [0.1, 0.15) is 17.7 Å². The van der Waals surface area contributed by atoms with E-state index in [1.54, 1.807) is 0 Å². The molecular weight excluding hydrogens is 608 g/mol. The second-order valence-corrected chi connectivity index (χ2v) is 25.2. The van der Waals surface area contributed by atoms with Gasteiger partial charge in [-0.2, -0.15) is 9.97 Å². The predicted molar refractivity (Wildman–Crippen MR) is 186 cm³/mol. The fraction of sp³-hybridized carbons (Fsp3) is 0.727. The molecule has 2 aromatic rings. The van der Waals surface area contributed by atoms with E-state index in [1.807, 2.05) is 16.8 Å². The maximum Gasteiger partial charge on any atom is 0.226 e. The van der Waals surface area contributed by atoms with Crippen LogP contribution < -0.4 is 5.32 Å². The monoisotopic (exact) mass is 662 g/mol. The van der Waals surface area contributed by atoms with Gasteiger partial charge in [-0.3, -0.25) is 4.79 Å². The predicted octanol–water partition coefficient (Wildman–Crippen LogP) is 9.09. The molecule has 0 aliphatic carbocycles. The molecule has 0 unspecified atom stereocenters. The van der Waals surface area contributed by atoms with Crippen molar-refractivity contribution in [1.29, 1.82) is 0 Å². The second-order valence-electron chi connectivity index (χ2n) is 15.3. The van der Waals surface area contributed by atoms with Crippen LogP contribution in [-0.4, -0.2) is 55.4 Å². The molecule has 246 valence electrons. The maximum absolute atomic E-state index is 12.8. The van der Waals surface area contributed by atoms with Crippen LogP contribution in [0.4, 0.5) is 5.82 Å². The van der Waals surface area contributed by atoms with Gasteiger partial charge >= 0.3 is 0 Å². The van der Waals surface area contributed by atoms with Crippen LogP contribution >= 0.6 is 11.6 Å². The first-order valence-corrected chi connectivity index (χ1v) is 22.3. The van der Waals surface area contributed by atoms with E-state index in [-0.39, 0.29) is 34.0 Å². The fourth-order valence-corrected chi connectivity index (χ4v) is 7.33. The summed E-state index contributed by atoms with van der Waals surface area (Å²) in [6, 6.07) is 1.89. The van der Waals surface area contributed by atoms with Crippen molar-refractivity contribution < 1.29 is 18.4 Å². The number of fused-ring (bicyclic) bond motifs is 1. The highest BCUT2D eigenvalue weighted by Gasteiger charge is 2.54. The van der Waals surface area contributed by atoms with Crippen molar-refractivity contribution in [2.24, 2.45) is 0 Å². The van der Waals surface area contributed by atoms with Crippen LogP contribution in [0.1, 0.15) is 99.6 Å². The number of hydrogen-bond acceptors (Lipinski definition) is 6. The summed E-state index contributed by atoms with van der Waals surface area (Å²) in [5.41, 5.74) is -0.518. The average Bonchev–Trinajstić information content (AvgIpc) is 3.47. The number of anilines is 1. The van der Waals surface area contributed by atoms with Crippen LogP contribution in [0.5, 0.6) is 0 Å². The number of carbonyl (C=O) groups excluding carboxylic acids is 1. The van der Waals surface area contributed by atoms with Crippen LogP contribution in [0.2, 0.25) is 41.5 Å².